The van der Waals surface area contributed by atoms with Crippen molar-refractivity contribution < 1.29 is 43.2 Å². The van der Waals surface area contributed by atoms with E-state index in [0.29, 0.717) is 16.9 Å². The number of halogens is 1. The van der Waals surface area contributed by atoms with Gasteiger partial charge in [0.1, 0.15) is 24.2 Å². The van der Waals surface area contributed by atoms with Crippen LogP contribution < -0.4 is 43.4 Å². The standard InChI is InChI=1S/C42H60BClN8O9/c1-22(35(54)50-30(8-7-19-47-40(46)59)37(56)49-24(3)43-60-33-21-28-20-32(41(28,4)5)42(33,6)61-43)48-39(58)34(23(2)53)52-38(57)31(17-18-45)51-36(55)27-11-9-25(10-12-27)26-13-15-29(44)16-14-26/h9-16,22-24,28,30-34,53H,7-8,17-21,45H2,1-6H3,(H,48,58)(H,49,56)(H,50,54)(H,51,55)(H,52,57)(H3,46,47,59)/t22-,23+,24-,28-,30-,31-,32-,33+,34-,42-/m0/s1. The van der Waals surface area contributed by atoms with Crippen molar-refractivity contribution in [3.8, 4) is 11.1 Å². The first-order valence-electron chi connectivity index (χ1n) is 20.9. The van der Waals surface area contributed by atoms with Crippen molar-refractivity contribution in [2.24, 2.45) is 28.7 Å². The lowest BCUT2D eigenvalue weighted by atomic mass is 9.43. The number of aliphatic hydroxyl groups excluding tert-OH is 1. The summed E-state index contributed by atoms with van der Waals surface area (Å²) < 4.78 is 12.8. The fourth-order valence-electron chi connectivity index (χ4n) is 8.75. The second-order valence-electron chi connectivity index (χ2n) is 17.3. The summed E-state index contributed by atoms with van der Waals surface area (Å²) in [6.45, 7) is 11.2. The number of nitrogens with one attached hydrogen (secondary N) is 6. The smallest absolute Gasteiger partial charge is 0.404 e. The molecule has 0 radical (unpaired) electrons. The van der Waals surface area contributed by atoms with Crippen LogP contribution >= 0.6 is 11.6 Å². The van der Waals surface area contributed by atoms with E-state index in [2.05, 4.69) is 52.7 Å². The zero-order valence-electron chi connectivity index (χ0n) is 35.6. The van der Waals surface area contributed by atoms with Crippen LogP contribution in [-0.2, 0) is 28.5 Å². The van der Waals surface area contributed by atoms with E-state index >= 15 is 0 Å². The molecule has 0 spiro atoms. The lowest BCUT2D eigenvalue weighted by Crippen LogP contribution is -2.65. The van der Waals surface area contributed by atoms with Crippen LogP contribution in [0.15, 0.2) is 48.5 Å². The Hall–Kier alpha value is -4.75. The maximum Gasteiger partial charge on any atom is 0.481 e. The van der Waals surface area contributed by atoms with Crippen LogP contribution in [0, 0.1) is 17.3 Å². The molecule has 19 heteroatoms. The van der Waals surface area contributed by atoms with E-state index in [1.807, 2.05) is 12.1 Å². The Morgan fingerprint density at radius 1 is 0.820 bits per heavy atom. The van der Waals surface area contributed by atoms with Crippen molar-refractivity contribution in [3.63, 3.8) is 0 Å². The van der Waals surface area contributed by atoms with Crippen LogP contribution in [0.3, 0.4) is 0 Å². The molecule has 1 heterocycles. The predicted octanol–water partition coefficient (Wildman–Crippen LogP) is 1.53. The first kappa shape index (κ1) is 47.3. The van der Waals surface area contributed by atoms with Gasteiger partial charge in [0.15, 0.2) is 0 Å². The first-order chi connectivity index (χ1) is 28.7. The lowest BCUT2D eigenvalue weighted by molar-refractivity contribution is -0.199. The number of hydrogen-bond donors (Lipinski definition) is 9. The Bertz CT molecular complexity index is 1920. The SMILES string of the molecule is C[C@H](NC(=O)[C@H](CCCNC(N)=O)NC(=O)[C@H](C)NC(=O)[C@@H](NC(=O)[C@H](CCN)NC(=O)c1ccc(-c2ccc(Cl)cc2)cc1)[C@@H](C)O)B1O[C@@H]2C[C@@H]3C[C@@H](C3(C)C)[C@]2(C)O1. The third-order valence-electron chi connectivity index (χ3n) is 12.6. The maximum atomic E-state index is 13.7. The minimum absolute atomic E-state index is 0.0163. The number of primary amides is 1. The van der Waals surface area contributed by atoms with Crippen LogP contribution in [-0.4, -0.2) is 109 Å². The van der Waals surface area contributed by atoms with Gasteiger partial charge in [0, 0.05) is 17.1 Å². The van der Waals surface area contributed by atoms with Gasteiger partial charge in [0.05, 0.1) is 23.8 Å². The quantitative estimate of drug-likeness (QED) is 0.0727. The third-order valence-corrected chi connectivity index (χ3v) is 12.8. The number of benzene rings is 2. The molecular formula is C42H60BClN8O9. The molecule has 6 rings (SSSR count). The molecular weight excluding hydrogens is 807 g/mol. The van der Waals surface area contributed by atoms with E-state index < -0.39 is 84.5 Å². The molecule has 7 amide bonds. The molecule has 4 fully saturated rings. The molecule has 2 aromatic carbocycles. The fraction of sp³-hybridized carbons (Fsp3) is 0.571. The molecule has 0 aromatic heterocycles. The Labute approximate surface area is 362 Å². The molecule has 61 heavy (non-hydrogen) atoms. The second-order valence-corrected chi connectivity index (χ2v) is 17.7. The molecule has 2 aromatic rings. The van der Waals surface area contributed by atoms with Gasteiger partial charge >= 0.3 is 13.1 Å². The lowest BCUT2D eigenvalue weighted by Gasteiger charge is -2.64. The normalized spacial score (nSPS) is 24.0. The average molecular weight is 867 g/mol. The van der Waals surface area contributed by atoms with Crippen LogP contribution in [0.5, 0.6) is 0 Å². The highest BCUT2D eigenvalue weighted by Gasteiger charge is 2.68. The molecule has 17 nitrogen and oxygen atoms in total. The molecule has 2 bridgehead atoms. The summed E-state index contributed by atoms with van der Waals surface area (Å²) in [6.07, 6.45) is 0.813. The molecule has 4 aliphatic rings. The Morgan fingerprint density at radius 2 is 1.43 bits per heavy atom. The molecule has 11 N–H and O–H groups in total. The van der Waals surface area contributed by atoms with Gasteiger partial charge in [-0.1, -0.05) is 49.7 Å². The van der Waals surface area contributed by atoms with Gasteiger partial charge in [-0.15, -0.1) is 0 Å². The summed E-state index contributed by atoms with van der Waals surface area (Å²) in [5, 5.41) is 26.8. The number of nitrogens with two attached hydrogens (primary N) is 2. The van der Waals surface area contributed by atoms with Crippen LogP contribution in [0.4, 0.5) is 4.79 Å². The number of urea groups is 1. The van der Waals surface area contributed by atoms with E-state index in [0.717, 1.165) is 24.0 Å². The highest BCUT2D eigenvalue weighted by molar-refractivity contribution is 6.47. The van der Waals surface area contributed by atoms with Crippen LogP contribution in [0.25, 0.3) is 11.1 Å². The van der Waals surface area contributed by atoms with Crippen molar-refractivity contribution in [2.75, 3.05) is 13.1 Å². The Balaban J connectivity index is 1.17. The van der Waals surface area contributed by atoms with E-state index in [1.165, 1.54) is 13.8 Å². The Morgan fingerprint density at radius 3 is 2.02 bits per heavy atom. The van der Waals surface area contributed by atoms with Crippen molar-refractivity contribution >= 4 is 54.3 Å². The number of rotatable bonds is 19. The van der Waals surface area contributed by atoms with Crippen molar-refractivity contribution in [2.45, 2.75) is 122 Å². The van der Waals surface area contributed by atoms with E-state index in [1.54, 1.807) is 43.3 Å². The minimum Gasteiger partial charge on any atom is -0.404 e. The summed E-state index contributed by atoms with van der Waals surface area (Å²) in [5.74, 6) is -3.22. The van der Waals surface area contributed by atoms with Gasteiger partial charge in [-0.05, 0) is 119 Å². The minimum atomic E-state index is -1.54. The van der Waals surface area contributed by atoms with Crippen molar-refractivity contribution in [3.05, 3.63) is 59.1 Å². The maximum absolute atomic E-state index is 13.7. The van der Waals surface area contributed by atoms with Crippen molar-refractivity contribution in [1.82, 2.24) is 31.9 Å². The number of carbonyl (C=O) groups excluding carboxylic acids is 6. The van der Waals surface area contributed by atoms with E-state index in [9.17, 15) is 33.9 Å². The monoisotopic (exact) mass is 866 g/mol. The summed E-state index contributed by atoms with van der Waals surface area (Å²) in [7, 11) is -0.710. The number of hydrogen-bond acceptors (Lipinski definition) is 10. The summed E-state index contributed by atoms with van der Waals surface area (Å²) in [5.41, 5.74) is 12.6. The average Bonchev–Trinajstić information content (AvgIpc) is 3.58. The highest BCUT2D eigenvalue weighted by Crippen LogP contribution is 2.65. The van der Waals surface area contributed by atoms with Gasteiger partial charge in [0.2, 0.25) is 23.6 Å². The summed E-state index contributed by atoms with van der Waals surface area (Å²) >= 11 is 5.99. The largest absolute Gasteiger partial charge is 0.481 e. The molecule has 1 saturated heterocycles. The highest BCUT2D eigenvalue weighted by atomic mass is 35.5. The number of carbonyl (C=O) groups is 6. The van der Waals surface area contributed by atoms with Gasteiger partial charge in [-0.3, -0.25) is 24.0 Å². The summed E-state index contributed by atoms with van der Waals surface area (Å²) in [4.78, 5) is 78.6. The topological polar surface area (TPSA) is 265 Å². The zero-order chi connectivity index (χ0) is 44.8. The second kappa shape index (κ2) is 20.0. The van der Waals surface area contributed by atoms with Crippen LogP contribution in [0.2, 0.25) is 5.02 Å². The zero-order valence-corrected chi connectivity index (χ0v) is 36.3. The Kier molecular flexibility index (Phi) is 15.5. The van der Waals surface area contributed by atoms with Gasteiger partial charge in [0.25, 0.3) is 5.91 Å². The third kappa shape index (κ3) is 11.2. The fourth-order valence-corrected chi connectivity index (χ4v) is 8.88. The number of aliphatic hydroxyl groups is 1. The van der Waals surface area contributed by atoms with E-state index in [4.69, 9.17) is 32.4 Å². The molecule has 3 aliphatic carbocycles. The first-order valence-corrected chi connectivity index (χ1v) is 21.3. The van der Waals surface area contributed by atoms with Crippen molar-refractivity contribution in [1.29, 1.82) is 0 Å². The molecule has 3 saturated carbocycles. The van der Waals surface area contributed by atoms with E-state index in [-0.39, 0.29) is 49.4 Å². The van der Waals surface area contributed by atoms with Gasteiger partial charge < -0.3 is 57.8 Å². The van der Waals surface area contributed by atoms with Gasteiger partial charge in [-0.2, -0.15) is 0 Å². The summed E-state index contributed by atoms with van der Waals surface area (Å²) in [6, 6.07) is 8.15. The number of amides is 7. The molecule has 10 atom stereocenters. The van der Waals surface area contributed by atoms with Gasteiger partial charge in [-0.25, -0.2) is 4.79 Å². The van der Waals surface area contributed by atoms with Crippen LogP contribution in [0.1, 0.15) is 84.0 Å². The predicted molar refractivity (Wildman–Crippen MR) is 229 cm³/mol. The molecule has 1 aliphatic heterocycles. The molecule has 0 unspecified atom stereocenters. The molecule has 332 valence electrons.